The first-order chi connectivity index (χ1) is 12.4. The van der Waals surface area contributed by atoms with Crippen molar-refractivity contribution in [1.82, 2.24) is 14.4 Å². The number of nitrogens with one attached hydrogen (secondary N) is 1. The molecule has 0 saturated carbocycles. The van der Waals surface area contributed by atoms with Crippen molar-refractivity contribution in [1.29, 1.82) is 0 Å². The summed E-state index contributed by atoms with van der Waals surface area (Å²) < 4.78 is 7.18. The maximum absolute atomic E-state index is 5.09. The van der Waals surface area contributed by atoms with Gasteiger partial charge in [0.1, 0.15) is 0 Å². The number of rotatable bonds is 6. The monoisotopic (exact) mass is 332 g/mol. The van der Waals surface area contributed by atoms with Crippen LogP contribution < -0.4 is 5.32 Å². The Morgan fingerprint density at radius 3 is 2.88 bits per heavy atom. The predicted octanol–water partition coefficient (Wildman–Crippen LogP) is 4.00. The second-order valence-corrected chi connectivity index (χ2v) is 5.91. The van der Waals surface area contributed by atoms with Gasteiger partial charge in [-0.05, 0) is 17.2 Å². The van der Waals surface area contributed by atoms with Crippen molar-refractivity contribution in [2.24, 2.45) is 0 Å². The van der Waals surface area contributed by atoms with Gasteiger partial charge in [-0.25, -0.2) is 9.97 Å². The molecular weight excluding hydrogens is 312 g/mol. The minimum Gasteiger partial charge on any atom is -0.385 e. The zero-order valence-corrected chi connectivity index (χ0v) is 14.1. The minimum absolute atomic E-state index is 0.728. The van der Waals surface area contributed by atoms with Gasteiger partial charge < -0.3 is 10.1 Å². The molecule has 0 saturated heterocycles. The summed E-state index contributed by atoms with van der Waals surface area (Å²) in [5, 5.41) is 5.79. The highest BCUT2D eigenvalue weighted by atomic mass is 16.5. The van der Waals surface area contributed by atoms with Crippen LogP contribution in [-0.4, -0.2) is 34.6 Å². The van der Waals surface area contributed by atoms with Crippen LogP contribution in [0, 0.1) is 0 Å². The predicted molar refractivity (Wildman–Crippen MR) is 101 cm³/mol. The normalized spacial score (nSPS) is 11.2. The van der Waals surface area contributed by atoms with E-state index in [4.69, 9.17) is 4.74 Å². The number of benzene rings is 2. The Hall–Kier alpha value is -2.92. The van der Waals surface area contributed by atoms with Crippen molar-refractivity contribution < 1.29 is 4.74 Å². The summed E-state index contributed by atoms with van der Waals surface area (Å²) in [6.07, 6.45) is 6.61. The van der Waals surface area contributed by atoms with Gasteiger partial charge in [-0.15, -0.1) is 0 Å². The number of ether oxygens (including phenoxy) is 1. The van der Waals surface area contributed by atoms with Crippen molar-refractivity contribution in [3.05, 3.63) is 61.1 Å². The molecule has 2 aromatic heterocycles. The van der Waals surface area contributed by atoms with Crippen molar-refractivity contribution in [3.8, 4) is 11.3 Å². The summed E-state index contributed by atoms with van der Waals surface area (Å²) >= 11 is 0. The van der Waals surface area contributed by atoms with Gasteiger partial charge in [0.2, 0.25) is 0 Å². The highest BCUT2D eigenvalue weighted by Gasteiger charge is 2.12. The molecule has 2 aromatic carbocycles. The summed E-state index contributed by atoms with van der Waals surface area (Å²) in [6.45, 7) is 1.53. The Kier molecular flexibility index (Phi) is 4.31. The van der Waals surface area contributed by atoms with E-state index in [0.717, 1.165) is 36.7 Å². The zero-order chi connectivity index (χ0) is 17.1. The molecule has 2 heterocycles. The number of methoxy groups -OCH3 is 1. The first-order valence-corrected chi connectivity index (χ1v) is 8.41. The Bertz CT molecular complexity index is 1000. The second-order valence-electron chi connectivity index (χ2n) is 5.91. The van der Waals surface area contributed by atoms with Crippen molar-refractivity contribution in [2.75, 3.05) is 25.6 Å². The zero-order valence-electron chi connectivity index (χ0n) is 14.1. The van der Waals surface area contributed by atoms with Crippen LogP contribution in [0.15, 0.2) is 61.1 Å². The van der Waals surface area contributed by atoms with Crippen LogP contribution in [0.2, 0.25) is 0 Å². The van der Waals surface area contributed by atoms with Gasteiger partial charge in [0, 0.05) is 38.2 Å². The lowest BCUT2D eigenvalue weighted by molar-refractivity contribution is 0.198. The van der Waals surface area contributed by atoms with E-state index in [-0.39, 0.29) is 0 Å². The molecule has 1 N–H and O–H groups in total. The fourth-order valence-electron chi connectivity index (χ4n) is 3.12. The van der Waals surface area contributed by atoms with E-state index >= 15 is 0 Å². The smallest absolute Gasteiger partial charge is 0.180 e. The Labute approximate surface area is 146 Å². The fourth-order valence-corrected chi connectivity index (χ4v) is 3.12. The van der Waals surface area contributed by atoms with Crippen LogP contribution in [0.4, 0.5) is 5.82 Å². The van der Waals surface area contributed by atoms with Crippen LogP contribution in [0.5, 0.6) is 0 Å². The third-order valence-electron chi connectivity index (χ3n) is 4.31. The average Bonchev–Trinajstić information content (AvgIpc) is 3.09. The van der Waals surface area contributed by atoms with Crippen LogP contribution in [0.3, 0.4) is 0 Å². The number of nitrogens with zero attached hydrogens (tertiary/aromatic N) is 3. The molecule has 0 amide bonds. The van der Waals surface area contributed by atoms with Gasteiger partial charge in [0.15, 0.2) is 11.5 Å². The Morgan fingerprint density at radius 2 is 1.96 bits per heavy atom. The van der Waals surface area contributed by atoms with Crippen LogP contribution in [0.25, 0.3) is 27.7 Å². The Balaban J connectivity index is 1.76. The highest BCUT2D eigenvalue weighted by Crippen LogP contribution is 2.30. The summed E-state index contributed by atoms with van der Waals surface area (Å²) in [5.41, 5.74) is 3.07. The molecule has 0 spiro atoms. The molecule has 0 aliphatic rings. The highest BCUT2D eigenvalue weighted by molar-refractivity contribution is 5.96. The first-order valence-electron chi connectivity index (χ1n) is 8.41. The number of hydrogen-bond donors (Lipinski definition) is 1. The van der Waals surface area contributed by atoms with Gasteiger partial charge in [-0.2, -0.15) is 0 Å². The molecule has 0 aliphatic heterocycles. The van der Waals surface area contributed by atoms with E-state index in [0.29, 0.717) is 0 Å². The molecule has 5 nitrogen and oxygen atoms in total. The second kappa shape index (κ2) is 6.91. The molecule has 0 fully saturated rings. The van der Waals surface area contributed by atoms with Crippen molar-refractivity contribution in [3.63, 3.8) is 0 Å². The molecule has 0 unspecified atom stereocenters. The lowest BCUT2D eigenvalue weighted by Crippen LogP contribution is -2.07. The SMILES string of the molecule is COCCCNc1nccn2c(-c3cccc4ccccc34)cnc12. The molecule has 0 atom stereocenters. The number of aromatic nitrogens is 3. The molecule has 4 rings (SSSR count). The maximum Gasteiger partial charge on any atom is 0.180 e. The van der Waals surface area contributed by atoms with E-state index in [1.54, 1.807) is 7.11 Å². The summed E-state index contributed by atoms with van der Waals surface area (Å²) in [7, 11) is 1.71. The van der Waals surface area contributed by atoms with Crippen LogP contribution >= 0.6 is 0 Å². The van der Waals surface area contributed by atoms with Crippen LogP contribution in [0.1, 0.15) is 6.42 Å². The molecule has 126 valence electrons. The van der Waals surface area contributed by atoms with Gasteiger partial charge in [0.25, 0.3) is 0 Å². The fraction of sp³-hybridized carbons (Fsp3) is 0.200. The van der Waals surface area contributed by atoms with Crippen molar-refractivity contribution in [2.45, 2.75) is 6.42 Å². The Morgan fingerprint density at radius 1 is 1.08 bits per heavy atom. The number of fused-ring (bicyclic) bond motifs is 2. The van der Waals surface area contributed by atoms with Gasteiger partial charge in [0.05, 0.1) is 11.9 Å². The van der Waals surface area contributed by atoms with E-state index in [9.17, 15) is 0 Å². The summed E-state index contributed by atoms with van der Waals surface area (Å²) in [5.74, 6) is 0.796. The third kappa shape index (κ3) is 2.94. The van der Waals surface area contributed by atoms with Gasteiger partial charge >= 0.3 is 0 Å². The van der Waals surface area contributed by atoms with E-state index in [2.05, 4.69) is 62.2 Å². The molecule has 25 heavy (non-hydrogen) atoms. The average molecular weight is 332 g/mol. The quantitative estimate of drug-likeness (QED) is 0.542. The number of hydrogen-bond acceptors (Lipinski definition) is 4. The topological polar surface area (TPSA) is 51.5 Å². The van der Waals surface area contributed by atoms with Crippen molar-refractivity contribution >= 4 is 22.2 Å². The minimum atomic E-state index is 0.728. The lowest BCUT2D eigenvalue weighted by atomic mass is 10.0. The van der Waals surface area contributed by atoms with E-state index < -0.39 is 0 Å². The standard InChI is InChI=1S/C20H20N4O/c1-25-13-5-10-21-19-20-23-14-18(24(20)12-11-22-19)17-9-4-7-15-6-2-3-8-16(15)17/h2-4,6-9,11-12,14H,5,10,13H2,1H3,(H,21,22). The number of anilines is 1. The molecule has 0 radical (unpaired) electrons. The molecule has 0 bridgehead atoms. The first kappa shape index (κ1) is 15.6. The summed E-state index contributed by atoms with van der Waals surface area (Å²) in [6, 6.07) is 14.8. The van der Waals surface area contributed by atoms with Gasteiger partial charge in [-0.3, -0.25) is 4.40 Å². The molecular formula is C20H20N4O. The summed E-state index contributed by atoms with van der Waals surface area (Å²) in [4.78, 5) is 9.05. The molecule has 4 aromatic rings. The maximum atomic E-state index is 5.09. The third-order valence-corrected chi connectivity index (χ3v) is 4.31. The lowest BCUT2D eigenvalue weighted by Gasteiger charge is -2.09. The molecule has 5 heteroatoms. The number of imidazole rings is 1. The largest absolute Gasteiger partial charge is 0.385 e. The van der Waals surface area contributed by atoms with Gasteiger partial charge in [-0.1, -0.05) is 42.5 Å². The van der Waals surface area contributed by atoms with E-state index in [1.807, 2.05) is 18.6 Å². The van der Waals surface area contributed by atoms with E-state index in [1.165, 1.54) is 16.3 Å². The van der Waals surface area contributed by atoms with Crippen LogP contribution in [-0.2, 0) is 4.74 Å². The molecule has 0 aliphatic carbocycles.